The molecule has 0 aromatic heterocycles. The molecule has 0 spiro atoms. The van der Waals surface area contributed by atoms with E-state index >= 15 is 0 Å². The van der Waals surface area contributed by atoms with Gasteiger partial charge in [0.1, 0.15) is 6.61 Å². The largest absolute Gasteiger partial charge is 0.387 e. The minimum atomic E-state index is -0.621. The minimum Gasteiger partial charge on any atom is -0.387 e. The van der Waals surface area contributed by atoms with Crippen LogP contribution < -0.4 is 5.32 Å². The summed E-state index contributed by atoms with van der Waals surface area (Å²) in [6, 6.07) is 0. The van der Waals surface area contributed by atoms with Crippen molar-refractivity contribution >= 4 is 11.8 Å². The van der Waals surface area contributed by atoms with Crippen LogP contribution >= 0.6 is 0 Å². The second kappa shape index (κ2) is 17.5. The molecule has 0 atom stereocenters. The van der Waals surface area contributed by atoms with Crippen molar-refractivity contribution in [3.05, 3.63) is 0 Å². The molecule has 0 aliphatic heterocycles. The Morgan fingerprint density at radius 2 is 1.04 bits per heavy atom. The van der Waals surface area contributed by atoms with Gasteiger partial charge < -0.3 is 5.11 Å². The molecular weight excluding hydrogens is 290 g/mol. The molecule has 2 N–H and O–H groups in total. The van der Waals surface area contributed by atoms with Gasteiger partial charge in [0.15, 0.2) is 0 Å². The van der Waals surface area contributed by atoms with Gasteiger partial charge in [-0.05, 0) is 6.42 Å². The summed E-state index contributed by atoms with van der Waals surface area (Å²) < 4.78 is 0. The maximum absolute atomic E-state index is 11.3. The quantitative estimate of drug-likeness (QED) is 0.410. The van der Waals surface area contributed by atoms with Crippen LogP contribution in [0, 0.1) is 0 Å². The van der Waals surface area contributed by atoms with Crippen LogP contribution in [0.15, 0.2) is 0 Å². The van der Waals surface area contributed by atoms with Crippen molar-refractivity contribution in [1.82, 2.24) is 5.32 Å². The lowest BCUT2D eigenvalue weighted by Gasteiger charge is -2.04. The van der Waals surface area contributed by atoms with E-state index in [1.54, 1.807) is 0 Å². The summed E-state index contributed by atoms with van der Waals surface area (Å²) in [7, 11) is 0. The first-order chi connectivity index (χ1) is 11.2. The second-order valence-electron chi connectivity index (χ2n) is 6.48. The van der Waals surface area contributed by atoms with Crippen LogP contribution in [0.1, 0.15) is 103 Å². The summed E-state index contributed by atoms with van der Waals surface area (Å²) in [5.74, 6) is -0.886. The molecule has 0 heterocycles. The molecular formula is C19H37NO3. The highest BCUT2D eigenvalue weighted by atomic mass is 16.3. The van der Waals surface area contributed by atoms with Gasteiger partial charge in [0.25, 0.3) is 5.91 Å². The first kappa shape index (κ1) is 22.1. The molecule has 0 radical (unpaired) electrons. The lowest BCUT2D eigenvalue weighted by atomic mass is 10.0. The SMILES string of the molecule is CCCCCCCCCCCCCCCCC(=O)NC(=O)CO. The van der Waals surface area contributed by atoms with Crippen molar-refractivity contribution in [1.29, 1.82) is 0 Å². The van der Waals surface area contributed by atoms with E-state index < -0.39 is 12.5 Å². The van der Waals surface area contributed by atoms with E-state index in [-0.39, 0.29) is 5.91 Å². The first-order valence-electron chi connectivity index (χ1n) is 9.64. The number of rotatable bonds is 16. The van der Waals surface area contributed by atoms with Gasteiger partial charge in [-0.15, -0.1) is 0 Å². The van der Waals surface area contributed by atoms with E-state index in [1.807, 2.05) is 0 Å². The maximum Gasteiger partial charge on any atom is 0.252 e. The fourth-order valence-electron chi connectivity index (χ4n) is 2.74. The molecule has 4 heteroatoms. The number of carbonyl (C=O) groups excluding carboxylic acids is 2. The average Bonchev–Trinajstić information content (AvgIpc) is 2.55. The second-order valence-corrected chi connectivity index (χ2v) is 6.48. The van der Waals surface area contributed by atoms with E-state index in [4.69, 9.17) is 5.11 Å². The van der Waals surface area contributed by atoms with Gasteiger partial charge in [-0.3, -0.25) is 14.9 Å². The summed E-state index contributed by atoms with van der Waals surface area (Å²) in [5, 5.41) is 10.7. The molecule has 0 fully saturated rings. The first-order valence-corrected chi connectivity index (χ1v) is 9.64. The number of amides is 2. The molecule has 0 saturated carbocycles. The molecule has 23 heavy (non-hydrogen) atoms. The Bertz CT molecular complexity index is 292. The Morgan fingerprint density at radius 1 is 0.652 bits per heavy atom. The summed E-state index contributed by atoms with van der Waals surface area (Å²) in [5.41, 5.74) is 0. The van der Waals surface area contributed by atoms with Gasteiger partial charge in [-0.25, -0.2) is 0 Å². The number of aliphatic hydroxyl groups excluding tert-OH is 1. The number of carbonyl (C=O) groups is 2. The fraction of sp³-hybridized carbons (Fsp3) is 0.895. The van der Waals surface area contributed by atoms with Gasteiger partial charge in [-0.2, -0.15) is 0 Å². The zero-order valence-corrected chi connectivity index (χ0v) is 15.1. The predicted molar refractivity (Wildman–Crippen MR) is 95.2 cm³/mol. The molecule has 0 aromatic carbocycles. The Balaban J connectivity index is 3.13. The molecule has 0 aliphatic carbocycles. The molecule has 4 nitrogen and oxygen atoms in total. The third kappa shape index (κ3) is 17.3. The molecule has 0 aliphatic rings. The third-order valence-electron chi connectivity index (χ3n) is 4.18. The average molecular weight is 328 g/mol. The summed E-state index contributed by atoms with van der Waals surface area (Å²) in [6.45, 7) is 1.64. The Kier molecular flexibility index (Phi) is 16.8. The Labute approximate surface area is 142 Å². The number of hydrogen-bond acceptors (Lipinski definition) is 3. The van der Waals surface area contributed by atoms with E-state index in [2.05, 4.69) is 12.2 Å². The van der Waals surface area contributed by atoms with Gasteiger partial charge in [0, 0.05) is 6.42 Å². The summed E-state index contributed by atoms with van der Waals surface area (Å²) >= 11 is 0. The summed E-state index contributed by atoms with van der Waals surface area (Å²) in [4.78, 5) is 22.1. The minimum absolute atomic E-state index is 0.275. The molecule has 0 bridgehead atoms. The molecule has 0 rings (SSSR count). The van der Waals surface area contributed by atoms with Crippen LogP contribution in [0.2, 0.25) is 0 Å². The van der Waals surface area contributed by atoms with Crippen LogP contribution in [-0.4, -0.2) is 23.5 Å². The van der Waals surface area contributed by atoms with Crippen LogP contribution in [0.3, 0.4) is 0 Å². The van der Waals surface area contributed by atoms with E-state index in [9.17, 15) is 9.59 Å². The van der Waals surface area contributed by atoms with Crippen molar-refractivity contribution < 1.29 is 14.7 Å². The van der Waals surface area contributed by atoms with Crippen molar-refractivity contribution in [3.63, 3.8) is 0 Å². The van der Waals surface area contributed by atoms with Crippen LogP contribution in [-0.2, 0) is 9.59 Å². The Morgan fingerprint density at radius 3 is 1.43 bits per heavy atom. The van der Waals surface area contributed by atoms with Crippen molar-refractivity contribution in [3.8, 4) is 0 Å². The van der Waals surface area contributed by atoms with Crippen LogP contribution in [0.5, 0.6) is 0 Å². The highest BCUT2D eigenvalue weighted by Crippen LogP contribution is 2.13. The van der Waals surface area contributed by atoms with Crippen molar-refractivity contribution in [2.75, 3.05) is 6.61 Å². The van der Waals surface area contributed by atoms with Gasteiger partial charge in [0.2, 0.25) is 5.91 Å². The van der Waals surface area contributed by atoms with Gasteiger partial charge in [-0.1, -0.05) is 90.4 Å². The maximum atomic E-state index is 11.3. The Hall–Kier alpha value is -0.900. The topological polar surface area (TPSA) is 66.4 Å². The normalized spacial score (nSPS) is 10.7. The molecule has 0 aromatic rings. The zero-order chi connectivity index (χ0) is 17.2. The van der Waals surface area contributed by atoms with E-state index in [1.165, 1.54) is 70.6 Å². The van der Waals surface area contributed by atoms with Gasteiger partial charge >= 0.3 is 0 Å². The molecule has 2 amide bonds. The van der Waals surface area contributed by atoms with E-state index in [0.717, 1.165) is 19.3 Å². The number of nitrogens with one attached hydrogen (secondary N) is 1. The third-order valence-corrected chi connectivity index (χ3v) is 4.18. The fourth-order valence-corrected chi connectivity index (χ4v) is 2.74. The predicted octanol–water partition coefficient (Wildman–Crippen LogP) is 4.49. The highest BCUT2D eigenvalue weighted by Gasteiger charge is 2.05. The van der Waals surface area contributed by atoms with Crippen LogP contribution in [0.4, 0.5) is 0 Å². The van der Waals surface area contributed by atoms with Crippen molar-refractivity contribution in [2.24, 2.45) is 0 Å². The van der Waals surface area contributed by atoms with Crippen molar-refractivity contribution in [2.45, 2.75) is 103 Å². The zero-order valence-electron chi connectivity index (χ0n) is 15.1. The smallest absolute Gasteiger partial charge is 0.252 e. The number of aliphatic hydroxyl groups is 1. The standard InChI is InChI=1S/C19H37NO3/c1-2-3-4-5-6-7-8-9-10-11-12-13-14-15-16-18(22)20-19(23)17-21/h21H,2-17H2,1H3,(H,20,22,23). The van der Waals surface area contributed by atoms with E-state index in [0.29, 0.717) is 6.42 Å². The monoisotopic (exact) mass is 327 g/mol. The lowest BCUT2D eigenvalue weighted by Crippen LogP contribution is -2.32. The van der Waals surface area contributed by atoms with Gasteiger partial charge in [0.05, 0.1) is 0 Å². The summed E-state index contributed by atoms with van der Waals surface area (Å²) in [6.07, 6.45) is 18.3. The number of hydrogen-bond donors (Lipinski definition) is 2. The highest BCUT2D eigenvalue weighted by molar-refractivity contribution is 5.95. The molecule has 136 valence electrons. The van der Waals surface area contributed by atoms with Crippen LogP contribution in [0.25, 0.3) is 0 Å². The lowest BCUT2D eigenvalue weighted by molar-refractivity contribution is -0.132. The molecule has 0 saturated heterocycles. The number of unbranched alkanes of at least 4 members (excludes halogenated alkanes) is 13. The number of imide groups is 1. The molecule has 0 unspecified atom stereocenters.